The lowest BCUT2D eigenvalue weighted by Gasteiger charge is -2.37. The van der Waals surface area contributed by atoms with Crippen molar-refractivity contribution >= 4 is 52.2 Å². The second-order valence-corrected chi connectivity index (χ2v) is 11.7. The van der Waals surface area contributed by atoms with Gasteiger partial charge in [0.1, 0.15) is 0 Å². The smallest absolute Gasteiger partial charge is 0.326 e. The van der Waals surface area contributed by atoms with Crippen LogP contribution in [0.2, 0.25) is 15.1 Å². The maximum Gasteiger partial charge on any atom is 0.326 e. The van der Waals surface area contributed by atoms with Crippen LogP contribution in [0.15, 0.2) is 54.6 Å². The van der Waals surface area contributed by atoms with Crippen LogP contribution in [-0.4, -0.2) is 48.1 Å². The van der Waals surface area contributed by atoms with Gasteiger partial charge >= 0.3 is 6.03 Å². The maximum absolute atomic E-state index is 13.3. The summed E-state index contributed by atoms with van der Waals surface area (Å²) >= 11 is 19.9. The van der Waals surface area contributed by atoms with Gasteiger partial charge in [-0.05, 0) is 93.3 Å². The number of fused-ring (bicyclic) bond motifs is 1. The molecule has 3 aromatic rings. The van der Waals surface area contributed by atoms with Crippen LogP contribution >= 0.6 is 34.8 Å². The summed E-state index contributed by atoms with van der Waals surface area (Å²) in [6.45, 7) is 5.84. The summed E-state index contributed by atoms with van der Waals surface area (Å²) in [6, 6.07) is 18.0. The first-order valence-corrected chi connectivity index (χ1v) is 14.5. The summed E-state index contributed by atoms with van der Waals surface area (Å²) in [4.78, 5) is 20.1. The Bertz CT molecular complexity index is 1330. The molecule has 0 aromatic heterocycles. The van der Waals surface area contributed by atoms with Crippen LogP contribution in [0.3, 0.4) is 0 Å². The molecule has 2 fully saturated rings. The lowest BCUT2D eigenvalue weighted by molar-refractivity contribution is 0.122. The zero-order valence-electron chi connectivity index (χ0n) is 21.2. The first-order valence-electron chi connectivity index (χ1n) is 13.4. The number of piperidine rings is 1. The minimum absolute atomic E-state index is 0.249. The molecule has 0 aliphatic carbocycles. The second-order valence-electron chi connectivity index (χ2n) is 10.4. The number of carbonyl (C=O) groups is 1. The number of nitrogens with one attached hydrogen (secondary N) is 1. The molecule has 0 atom stereocenters. The van der Waals surface area contributed by atoms with E-state index in [1.807, 2.05) is 24.3 Å². The molecule has 2 saturated heterocycles. The van der Waals surface area contributed by atoms with Crippen LogP contribution in [0, 0.1) is 0 Å². The topological polar surface area (TPSA) is 38.8 Å². The van der Waals surface area contributed by atoms with E-state index in [-0.39, 0.29) is 6.03 Å². The average molecular weight is 570 g/mol. The Morgan fingerprint density at radius 1 is 0.816 bits per heavy atom. The van der Waals surface area contributed by atoms with Crippen molar-refractivity contribution in [2.24, 2.45) is 0 Å². The fourth-order valence-corrected chi connectivity index (χ4v) is 7.00. The van der Waals surface area contributed by atoms with E-state index in [9.17, 15) is 4.79 Å². The number of anilines is 2. The number of amides is 2. The van der Waals surface area contributed by atoms with E-state index in [1.165, 1.54) is 38.8 Å². The quantitative estimate of drug-likeness (QED) is 0.342. The highest BCUT2D eigenvalue weighted by atomic mass is 35.5. The zero-order chi connectivity index (χ0) is 26.2. The normalized spacial score (nSPS) is 19.0. The van der Waals surface area contributed by atoms with Gasteiger partial charge < -0.3 is 10.2 Å². The number of likely N-dealkylation sites (tertiary alicyclic amines) is 2. The van der Waals surface area contributed by atoms with Crippen molar-refractivity contribution in [2.45, 2.75) is 44.8 Å². The zero-order valence-corrected chi connectivity index (χ0v) is 23.5. The molecule has 1 N–H and O–H groups in total. The first kappa shape index (κ1) is 26.0. The third kappa shape index (κ3) is 5.03. The van der Waals surface area contributed by atoms with Crippen LogP contribution < -0.4 is 10.2 Å². The maximum atomic E-state index is 13.3. The summed E-state index contributed by atoms with van der Waals surface area (Å²) in [5, 5.41) is 4.54. The van der Waals surface area contributed by atoms with E-state index < -0.39 is 0 Å². The van der Waals surface area contributed by atoms with Crippen LogP contribution in [0.1, 0.15) is 36.8 Å². The van der Waals surface area contributed by atoms with Crippen molar-refractivity contribution in [3.05, 3.63) is 80.8 Å². The molecule has 0 bridgehead atoms. The molecule has 0 saturated carbocycles. The van der Waals surface area contributed by atoms with E-state index >= 15 is 0 Å². The van der Waals surface area contributed by atoms with Crippen molar-refractivity contribution in [3.63, 3.8) is 0 Å². The molecule has 3 aliphatic heterocycles. The molecule has 6 rings (SSSR count). The molecule has 0 radical (unpaired) electrons. The van der Waals surface area contributed by atoms with E-state index in [2.05, 4.69) is 27.2 Å². The molecule has 198 valence electrons. The van der Waals surface area contributed by atoms with Gasteiger partial charge in [0.05, 0.1) is 21.4 Å². The van der Waals surface area contributed by atoms with Crippen LogP contribution in [-0.2, 0) is 13.1 Å². The number of urea groups is 1. The van der Waals surface area contributed by atoms with Gasteiger partial charge in [0, 0.05) is 35.3 Å². The van der Waals surface area contributed by atoms with E-state index in [0.717, 1.165) is 47.6 Å². The molecular weight excluding hydrogens is 539 g/mol. The molecular formula is C30H31Cl3N4O. The molecule has 8 heteroatoms. The van der Waals surface area contributed by atoms with Crippen molar-refractivity contribution in [1.82, 2.24) is 15.1 Å². The Balaban J connectivity index is 1.39. The summed E-state index contributed by atoms with van der Waals surface area (Å²) in [7, 11) is 0. The number of carbonyl (C=O) groups excluding carboxylic acids is 1. The van der Waals surface area contributed by atoms with Gasteiger partial charge in [-0.15, -0.1) is 0 Å². The van der Waals surface area contributed by atoms with Crippen LogP contribution in [0.5, 0.6) is 0 Å². The third-order valence-electron chi connectivity index (χ3n) is 8.09. The Hall–Kier alpha value is -2.28. The number of benzene rings is 3. The fourth-order valence-electron chi connectivity index (χ4n) is 6.20. The number of rotatable bonds is 5. The van der Waals surface area contributed by atoms with Gasteiger partial charge in [-0.2, -0.15) is 0 Å². The van der Waals surface area contributed by atoms with Crippen LogP contribution in [0.25, 0.3) is 11.1 Å². The van der Waals surface area contributed by atoms with Crippen LogP contribution in [0.4, 0.5) is 16.2 Å². The highest BCUT2D eigenvalue weighted by Crippen LogP contribution is 2.45. The van der Waals surface area contributed by atoms with Crippen molar-refractivity contribution in [2.75, 3.05) is 31.1 Å². The minimum atomic E-state index is -0.249. The number of hydrogen-bond acceptors (Lipinski definition) is 3. The van der Waals surface area contributed by atoms with Crippen molar-refractivity contribution in [1.29, 1.82) is 0 Å². The van der Waals surface area contributed by atoms with Crippen molar-refractivity contribution in [3.8, 4) is 11.1 Å². The Kier molecular flexibility index (Phi) is 7.56. The lowest BCUT2D eigenvalue weighted by atomic mass is 9.93. The van der Waals surface area contributed by atoms with Crippen molar-refractivity contribution < 1.29 is 4.79 Å². The molecule has 3 aliphatic rings. The third-order valence-corrected chi connectivity index (χ3v) is 9.03. The fraction of sp³-hybridized carbons (Fsp3) is 0.367. The average Bonchev–Trinajstić information content (AvgIpc) is 3.45. The lowest BCUT2D eigenvalue weighted by Crippen LogP contribution is -2.43. The number of para-hydroxylation sites is 1. The summed E-state index contributed by atoms with van der Waals surface area (Å²) in [6.07, 6.45) is 5.07. The predicted molar refractivity (Wildman–Crippen MR) is 157 cm³/mol. The standard InChI is InChI=1S/C30H31Cl3N4O/c31-25-7-2-1-6-22(25)23-16-20(19-35-14-10-21(11-15-35)36-12-3-4-13-36)17-28-24(23)18-34-30(38)37(28)29-26(32)8-5-9-27(29)33/h1-2,5-9,16-17,21H,3-4,10-15,18-19H2,(H,34,38). The highest BCUT2D eigenvalue weighted by Gasteiger charge is 2.32. The van der Waals surface area contributed by atoms with Gasteiger partial charge in [-0.25, -0.2) is 4.79 Å². The second kappa shape index (κ2) is 11.1. The highest BCUT2D eigenvalue weighted by molar-refractivity contribution is 6.40. The van der Waals surface area contributed by atoms with E-state index in [0.29, 0.717) is 33.3 Å². The summed E-state index contributed by atoms with van der Waals surface area (Å²) < 4.78 is 0. The molecule has 3 aromatic carbocycles. The summed E-state index contributed by atoms with van der Waals surface area (Å²) in [5.41, 5.74) is 5.38. The van der Waals surface area contributed by atoms with E-state index in [4.69, 9.17) is 34.8 Å². The molecule has 5 nitrogen and oxygen atoms in total. The van der Waals surface area contributed by atoms with E-state index in [1.54, 1.807) is 23.1 Å². The van der Waals surface area contributed by atoms with Gasteiger partial charge in [-0.1, -0.05) is 59.1 Å². The Morgan fingerprint density at radius 3 is 2.21 bits per heavy atom. The number of halogens is 3. The molecule has 0 spiro atoms. The monoisotopic (exact) mass is 568 g/mol. The predicted octanol–water partition coefficient (Wildman–Crippen LogP) is 7.74. The Morgan fingerprint density at radius 2 is 1.50 bits per heavy atom. The van der Waals surface area contributed by atoms with Gasteiger partial charge in [0.2, 0.25) is 0 Å². The Labute approximate surface area is 239 Å². The number of hydrogen-bond donors (Lipinski definition) is 1. The largest absolute Gasteiger partial charge is 0.333 e. The van der Waals surface area contributed by atoms with Gasteiger partial charge in [0.25, 0.3) is 0 Å². The number of nitrogens with zero attached hydrogens (tertiary/aromatic N) is 3. The summed E-state index contributed by atoms with van der Waals surface area (Å²) in [5.74, 6) is 0. The molecule has 38 heavy (non-hydrogen) atoms. The first-order chi connectivity index (χ1) is 18.5. The minimum Gasteiger partial charge on any atom is -0.333 e. The molecule has 3 heterocycles. The molecule has 2 amide bonds. The van der Waals surface area contributed by atoms with Gasteiger partial charge in [-0.3, -0.25) is 9.80 Å². The molecule has 0 unspecified atom stereocenters. The SMILES string of the molecule is O=C1NCc2c(-c3ccccc3Cl)cc(CN3CCC(N4CCCC4)CC3)cc2N1c1c(Cl)cccc1Cl. The van der Waals surface area contributed by atoms with Gasteiger partial charge in [0.15, 0.2) is 0 Å².